The number of hydrogen-bond acceptors (Lipinski definition) is 4. The summed E-state index contributed by atoms with van der Waals surface area (Å²) in [6.07, 6.45) is 1.87. The molecule has 1 amide bonds. The number of ether oxygens (including phenoxy) is 1. The Balaban J connectivity index is 1.50. The molecule has 1 aliphatic heterocycles. The number of hydrogen-bond donors (Lipinski definition) is 2. The number of carbonyl (C=O) groups excluding carboxylic acids is 2. The molecule has 0 aromatic heterocycles. The van der Waals surface area contributed by atoms with Gasteiger partial charge in [0, 0.05) is 23.2 Å². The van der Waals surface area contributed by atoms with Crippen LogP contribution in [-0.4, -0.2) is 36.9 Å². The SMILES string of the molecule is CC1CC(NC(=O)COc2ccc(C(=O)c3ccccc3)cc2)CCN1. The van der Waals surface area contributed by atoms with Gasteiger partial charge in [-0.25, -0.2) is 0 Å². The zero-order valence-electron chi connectivity index (χ0n) is 14.9. The van der Waals surface area contributed by atoms with Gasteiger partial charge in [-0.3, -0.25) is 9.59 Å². The summed E-state index contributed by atoms with van der Waals surface area (Å²) in [6, 6.07) is 16.6. The van der Waals surface area contributed by atoms with E-state index in [-0.39, 0.29) is 24.3 Å². The van der Waals surface area contributed by atoms with Crippen LogP contribution in [0.1, 0.15) is 35.7 Å². The van der Waals surface area contributed by atoms with Crippen LogP contribution in [0.3, 0.4) is 0 Å². The molecular formula is C21H24N2O3. The lowest BCUT2D eigenvalue weighted by Gasteiger charge is -2.28. The largest absolute Gasteiger partial charge is 0.484 e. The van der Waals surface area contributed by atoms with Crippen LogP contribution in [0.25, 0.3) is 0 Å². The Labute approximate surface area is 153 Å². The maximum Gasteiger partial charge on any atom is 0.258 e. The van der Waals surface area contributed by atoms with Gasteiger partial charge in [-0.1, -0.05) is 30.3 Å². The van der Waals surface area contributed by atoms with Crippen LogP contribution in [0.4, 0.5) is 0 Å². The van der Waals surface area contributed by atoms with Gasteiger partial charge in [0.15, 0.2) is 12.4 Å². The topological polar surface area (TPSA) is 67.4 Å². The van der Waals surface area contributed by atoms with E-state index >= 15 is 0 Å². The molecule has 5 nitrogen and oxygen atoms in total. The number of amides is 1. The molecule has 1 heterocycles. The molecule has 0 saturated carbocycles. The summed E-state index contributed by atoms with van der Waals surface area (Å²) in [5.74, 6) is 0.423. The van der Waals surface area contributed by atoms with Crippen molar-refractivity contribution in [1.82, 2.24) is 10.6 Å². The van der Waals surface area contributed by atoms with E-state index in [1.807, 2.05) is 18.2 Å². The van der Waals surface area contributed by atoms with E-state index in [2.05, 4.69) is 17.6 Å². The van der Waals surface area contributed by atoms with Crippen molar-refractivity contribution in [3.8, 4) is 5.75 Å². The summed E-state index contributed by atoms with van der Waals surface area (Å²) in [5.41, 5.74) is 1.24. The maximum atomic E-state index is 12.4. The van der Waals surface area contributed by atoms with E-state index in [0.717, 1.165) is 19.4 Å². The van der Waals surface area contributed by atoms with Crippen LogP contribution in [0.5, 0.6) is 5.75 Å². The standard InChI is InChI=1S/C21H24N2O3/c1-15-13-18(11-12-22-15)23-20(24)14-26-19-9-7-17(8-10-19)21(25)16-5-3-2-4-6-16/h2-10,15,18,22H,11-14H2,1H3,(H,23,24). The van der Waals surface area contributed by atoms with Crippen LogP contribution in [0.2, 0.25) is 0 Å². The maximum absolute atomic E-state index is 12.4. The van der Waals surface area contributed by atoms with Crippen molar-refractivity contribution in [1.29, 1.82) is 0 Å². The van der Waals surface area contributed by atoms with Crippen molar-refractivity contribution in [3.05, 3.63) is 65.7 Å². The highest BCUT2D eigenvalue weighted by Gasteiger charge is 2.20. The average Bonchev–Trinajstić information content (AvgIpc) is 2.67. The fourth-order valence-corrected chi connectivity index (χ4v) is 3.14. The third-order valence-electron chi connectivity index (χ3n) is 4.51. The summed E-state index contributed by atoms with van der Waals surface area (Å²) < 4.78 is 5.54. The van der Waals surface area contributed by atoms with Crippen molar-refractivity contribution in [3.63, 3.8) is 0 Å². The van der Waals surface area contributed by atoms with Gasteiger partial charge >= 0.3 is 0 Å². The van der Waals surface area contributed by atoms with E-state index in [9.17, 15) is 9.59 Å². The van der Waals surface area contributed by atoms with Gasteiger partial charge in [0.25, 0.3) is 5.91 Å². The number of nitrogens with one attached hydrogen (secondary N) is 2. The van der Waals surface area contributed by atoms with Crippen LogP contribution >= 0.6 is 0 Å². The molecule has 1 saturated heterocycles. The lowest BCUT2D eigenvalue weighted by atomic mass is 10.0. The highest BCUT2D eigenvalue weighted by atomic mass is 16.5. The minimum atomic E-state index is -0.117. The lowest BCUT2D eigenvalue weighted by molar-refractivity contribution is -0.124. The second kappa shape index (κ2) is 8.63. The number of rotatable bonds is 6. The highest BCUT2D eigenvalue weighted by Crippen LogP contribution is 2.15. The molecule has 2 N–H and O–H groups in total. The molecule has 0 bridgehead atoms. The van der Waals surface area contributed by atoms with Gasteiger partial charge < -0.3 is 15.4 Å². The van der Waals surface area contributed by atoms with Crippen molar-refractivity contribution in [2.24, 2.45) is 0 Å². The van der Waals surface area contributed by atoms with Crippen LogP contribution in [0, 0.1) is 0 Å². The summed E-state index contributed by atoms with van der Waals surface area (Å²) >= 11 is 0. The molecule has 5 heteroatoms. The summed E-state index contributed by atoms with van der Waals surface area (Å²) in [7, 11) is 0. The fourth-order valence-electron chi connectivity index (χ4n) is 3.14. The van der Waals surface area contributed by atoms with Crippen molar-refractivity contribution in [2.45, 2.75) is 31.8 Å². The molecule has 1 aliphatic rings. The molecule has 136 valence electrons. The molecule has 2 atom stereocenters. The molecule has 2 unspecified atom stereocenters. The Morgan fingerprint density at radius 3 is 2.46 bits per heavy atom. The van der Waals surface area contributed by atoms with Gasteiger partial charge in [0.2, 0.25) is 0 Å². The first kappa shape index (κ1) is 18.1. The van der Waals surface area contributed by atoms with Gasteiger partial charge in [0.1, 0.15) is 5.75 Å². The predicted octanol–water partition coefficient (Wildman–Crippen LogP) is 2.55. The van der Waals surface area contributed by atoms with Crippen molar-refractivity contribution in [2.75, 3.05) is 13.2 Å². The normalized spacial score (nSPS) is 19.6. The van der Waals surface area contributed by atoms with E-state index < -0.39 is 0 Å². The number of ketones is 1. The van der Waals surface area contributed by atoms with Gasteiger partial charge in [-0.05, 0) is 50.6 Å². The van der Waals surface area contributed by atoms with Gasteiger partial charge in [0.05, 0.1) is 0 Å². The van der Waals surface area contributed by atoms with E-state index in [1.165, 1.54) is 0 Å². The van der Waals surface area contributed by atoms with Crippen LogP contribution in [0.15, 0.2) is 54.6 Å². The molecular weight excluding hydrogens is 328 g/mol. The van der Waals surface area contributed by atoms with Gasteiger partial charge in [-0.15, -0.1) is 0 Å². The van der Waals surface area contributed by atoms with E-state index in [4.69, 9.17) is 4.74 Å². The molecule has 1 fully saturated rings. The fraction of sp³-hybridized carbons (Fsp3) is 0.333. The number of carbonyl (C=O) groups is 2. The average molecular weight is 352 g/mol. The Morgan fingerprint density at radius 1 is 1.08 bits per heavy atom. The minimum Gasteiger partial charge on any atom is -0.484 e. The Morgan fingerprint density at radius 2 is 1.77 bits per heavy atom. The molecule has 0 radical (unpaired) electrons. The number of piperidine rings is 1. The van der Waals surface area contributed by atoms with Gasteiger partial charge in [-0.2, -0.15) is 0 Å². The van der Waals surface area contributed by atoms with E-state index in [0.29, 0.717) is 22.9 Å². The third kappa shape index (κ3) is 4.92. The predicted molar refractivity (Wildman–Crippen MR) is 100 cm³/mol. The number of benzene rings is 2. The monoisotopic (exact) mass is 352 g/mol. The Bertz CT molecular complexity index is 744. The second-order valence-corrected chi connectivity index (χ2v) is 6.65. The zero-order valence-corrected chi connectivity index (χ0v) is 14.9. The molecule has 2 aromatic rings. The summed E-state index contributed by atoms with van der Waals surface area (Å²) in [5, 5.41) is 6.37. The van der Waals surface area contributed by atoms with E-state index in [1.54, 1.807) is 36.4 Å². The second-order valence-electron chi connectivity index (χ2n) is 6.65. The molecule has 2 aromatic carbocycles. The van der Waals surface area contributed by atoms with Crippen LogP contribution < -0.4 is 15.4 Å². The quantitative estimate of drug-likeness (QED) is 0.784. The molecule has 26 heavy (non-hydrogen) atoms. The first-order valence-electron chi connectivity index (χ1n) is 8.97. The Kier molecular flexibility index (Phi) is 6.02. The molecule has 0 spiro atoms. The summed E-state index contributed by atoms with van der Waals surface area (Å²) in [4.78, 5) is 24.4. The highest BCUT2D eigenvalue weighted by molar-refractivity contribution is 6.08. The smallest absolute Gasteiger partial charge is 0.258 e. The van der Waals surface area contributed by atoms with Crippen LogP contribution in [-0.2, 0) is 4.79 Å². The minimum absolute atomic E-state index is 0.0235. The molecule has 3 rings (SSSR count). The third-order valence-corrected chi connectivity index (χ3v) is 4.51. The van der Waals surface area contributed by atoms with Crippen molar-refractivity contribution >= 4 is 11.7 Å². The van der Waals surface area contributed by atoms with Crippen molar-refractivity contribution < 1.29 is 14.3 Å². The lowest BCUT2D eigenvalue weighted by Crippen LogP contribution is -2.47. The zero-order chi connectivity index (χ0) is 18.4. The first-order chi connectivity index (χ1) is 12.6. The molecule has 0 aliphatic carbocycles. The summed E-state index contributed by atoms with van der Waals surface area (Å²) in [6.45, 7) is 3.02. The first-order valence-corrected chi connectivity index (χ1v) is 8.97. The Hall–Kier alpha value is -2.66.